The number of ether oxygens (including phenoxy) is 3. The molecule has 3 amide bonds. The lowest BCUT2D eigenvalue weighted by atomic mass is 9.94. The molecule has 10 atom stereocenters. The van der Waals surface area contributed by atoms with Crippen LogP contribution in [0.15, 0.2) is 303 Å². The molecule has 10 heterocycles. The predicted molar refractivity (Wildman–Crippen MR) is 573 cm³/mol. The summed E-state index contributed by atoms with van der Waals surface area (Å²) < 4.78 is 24.5. The van der Waals surface area contributed by atoms with Crippen LogP contribution in [-0.4, -0.2) is 174 Å². The quantitative estimate of drug-likeness (QED) is 0.0741. The molecule has 10 aromatic carbocycles. The lowest BCUT2D eigenvalue weighted by molar-refractivity contribution is 0.0277. The second kappa shape index (κ2) is 44.4. The van der Waals surface area contributed by atoms with Crippen molar-refractivity contribution in [2.75, 3.05) is 65.4 Å². The maximum atomic E-state index is 12.5. The van der Waals surface area contributed by atoms with Crippen LogP contribution in [0.2, 0.25) is 0 Å². The van der Waals surface area contributed by atoms with Gasteiger partial charge in [0, 0.05) is 168 Å². The first-order chi connectivity index (χ1) is 69.0. The van der Waals surface area contributed by atoms with Crippen molar-refractivity contribution in [3.8, 4) is 124 Å². The molecule has 740 valence electrons. The van der Waals surface area contributed by atoms with Crippen molar-refractivity contribution in [3.05, 3.63) is 332 Å². The maximum absolute atomic E-state index is 12.5. The molecule has 23 nitrogen and oxygen atoms in total. The van der Waals surface area contributed by atoms with E-state index in [-0.39, 0.29) is 36.0 Å². The van der Waals surface area contributed by atoms with Crippen molar-refractivity contribution in [3.63, 3.8) is 0 Å². The minimum Gasteiger partial charge on any atom is -0.444 e. The number of aromatic nitrogens is 10. The molecular weight excluding hydrogens is 1790 g/mol. The summed E-state index contributed by atoms with van der Waals surface area (Å²) >= 11 is 0. The van der Waals surface area contributed by atoms with Crippen molar-refractivity contribution in [1.82, 2.24) is 73.8 Å². The number of amides is 3. The lowest BCUT2D eigenvalue weighted by Gasteiger charge is -2.24. The summed E-state index contributed by atoms with van der Waals surface area (Å²) in [4.78, 5) is 46.7. The molecule has 0 radical (unpaired) electrons. The van der Waals surface area contributed by atoms with E-state index in [9.17, 15) is 24.9 Å². The van der Waals surface area contributed by atoms with E-state index in [0.717, 1.165) is 105 Å². The Hall–Kier alpha value is -15.4. The van der Waals surface area contributed by atoms with Crippen molar-refractivity contribution in [2.24, 2.45) is 57.8 Å². The summed E-state index contributed by atoms with van der Waals surface area (Å²) in [7, 11) is 7.97. The number of hydrogen-bond donors (Lipinski definition) is 1. The molecule has 5 aliphatic rings. The van der Waals surface area contributed by atoms with Gasteiger partial charge in [0.25, 0.3) is 0 Å². The zero-order valence-electron chi connectivity index (χ0n) is 86.3. The summed E-state index contributed by atoms with van der Waals surface area (Å²) in [5, 5.41) is 45.3. The van der Waals surface area contributed by atoms with Crippen LogP contribution >= 0.6 is 0 Å². The number of nitriles is 2. The van der Waals surface area contributed by atoms with Crippen LogP contribution in [-0.2, 0) is 42.4 Å². The molecule has 0 aliphatic carbocycles. The van der Waals surface area contributed by atoms with Crippen LogP contribution in [0.4, 0.5) is 14.4 Å². The fourth-order valence-corrected chi connectivity index (χ4v) is 20.3. The highest BCUT2D eigenvalue weighted by Gasteiger charge is 2.42. The van der Waals surface area contributed by atoms with E-state index in [2.05, 4.69) is 318 Å². The van der Waals surface area contributed by atoms with Crippen LogP contribution < -0.4 is 0 Å². The molecule has 15 aromatic rings. The Morgan fingerprint density at radius 1 is 0.285 bits per heavy atom. The van der Waals surface area contributed by atoms with Crippen LogP contribution in [0.1, 0.15) is 155 Å². The Morgan fingerprint density at radius 2 is 0.549 bits per heavy atom. The first kappa shape index (κ1) is 102. The van der Waals surface area contributed by atoms with Crippen LogP contribution in [0.25, 0.3) is 112 Å². The average Bonchev–Trinajstić information content (AvgIpc) is 1.79. The van der Waals surface area contributed by atoms with Gasteiger partial charge in [0.1, 0.15) is 16.8 Å². The number of benzene rings is 10. The molecule has 0 spiro atoms. The molecule has 0 saturated carbocycles. The van der Waals surface area contributed by atoms with E-state index in [1.807, 2.05) is 171 Å². The Bertz CT molecular complexity index is 6990. The fraction of sp³-hybridized carbons (Fsp3) is 0.339. The smallest absolute Gasteiger partial charge is 0.410 e. The summed E-state index contributed by atoms with van der Waals surface area (Å²) in [5.41, 5.74) is 26.7. The number of H-pyrrole nitrogens is 1. The zero-order valence-corrected chi connectivity index (χ0v) is 86.3. The number of aromatic amines is 1. The monoisotopic (exact) mass is 1920 g/mol. The highest BCUT2D eigenvalue weighted by Crippen LogP contribution is 2.43. The third-order valence-corrected chi connectivity index (χ3v) is 27.8. The van der Waals surface area contributed by atoms with Gasteiger partial charge < -0.3 is 38.7 Å². The van der Waals surface area contributed by atoms with Gasteiger partial charge in [-0.05, 0) is 208 Å². The summed E-state index contributed by atoms with van der Waals surface area (Å²) in [5.74, 6) is 3.20. The van der Waals surface area contributed by atoms with E-state index in [1.54, 1.807) is 4.90 Å². The van der Waals surface area contributed by atoms with E-state index in [4.69, 9.17) is 34.6 Å². The van der Waals surface area contributed by atoms with Gasteiger partial charge in [0.2, 0.25) is 0 Å². The molecule has 144 heavy (non-hydrogen) atoms. The molecule has 5 aliphatic heterocycles. The molecule has 23 heteroatoms. The minimum absolute atomic E-state index is 0.199. The van der Waals surface area contributed by atoms with Crippen LogP contribution in [0, 0.1) is 52.5 Å². The second-order valence-electron chi connectivity index (χ2n) is 42.3. The number of hydrogen-bond acceptors (Lipinski definition) is 15. The number of nitrogens with zero attached hydrogens (tertiary/aromatic N) is 16. The zero-order chi connectivity index (χ0) is 102. The topological polar surface area (TPSA) is 243 Å². The van der Waals surface area contributed by atoms with Crippen molar-refractivity contribution in [2.45, 2.75) is 143 Å². The number of aryl methyl sites for hydroxylation is 4. The summed E-state index contributed by atoms with van der Waals surface area (Å²) in [6.45, 7) is 35.2. The van der Waals surface area contributed by atoms with E-state index in [1.165, 1.54) is 61.3 Å². The van der Waals surface area contributed by atoms with Crippen LogP contribution in [0.3, 0.4) is 0 Å². The van der Waals surface area contributed by atoms with Crippen molar-refractivity contribution >= 4 is 18.3 Å². The highest BCUT2D eigenvalue weighted by atomic mass is 16.6. The lowest BCUT2D eigenvalue weighted by Crippen LogP contribution is -2.35. The van der Waals surface area contributed by atoms with Gasteiger partial charge in [-0.15, -0.1) is 0 Å². The maximum Gasteiger partial charge on any atom is 0.410 e. The Balaban J connectivity index is 0.000000129. The highest BCUT2D eigenvalue weighted by molar-refractivity contribution is 5.78. The molecule has 0 unspecified atom stereocenters. The third kappa shape index (κ3) is 25.0. The van der Waals surface area contributed by atoms with Gasteiger partial charge in [0.05, 0.1) is 39.9 Å². The Kier molecular flexibility index (Phi) is 31.3. The second-order valence-corrected chi connectivity index (χ2v) is 42.3. The first-order valence-corrected chi connectivity index (χ1v) is 50.3. The van der Waals surface area contributed by atoms with E-state index < -0.39 is 16.8 Å². The molecule has 20 rings (SSSR count). The number of likely N-dealkylation sites (tertiary alicyclic amines) is 5. The molecule has 5 aromatic heterocycles. The molecule has 0 bridgehead atoms. The van der Waals surface area contributed by atoms with Gasteiger partial charge in [-0.1, -0.05) is 277 Å². The van der Waals surface area contributed by atoms with Crippen molar-refractivity contribution in [1.29, 1.82) is 10.5 Å². The normalized spacial score (nSPS) is 19.2. The van der Waals surface area contributed by atoms with Crippen LogP contribution in [0.5, 0.6) is 0 Å². The van der Waals surface area contributed by atoms with E-state index in [0.29, 0.717) is 80.7 Å². The van der Waals surface area contributed by atoms with Crippen molar-refractivity contribution < 1.29 is 28.6 Å². The molecule has 1 N–H and O–H groups in total. The fourth-order valence-electron chi connectivity index (χ4n) is 20.3. The van der Waals surface area contributed by atoms with Gasteiger partial charge in [0.15, 0.2) is 12.4 Å². The molecule has 5 saturated heterocycles. The first-order valence-electron chi connectivity index (χ1n) is 50.3. The standard InChI is InChI=1S/2C26H31N3O2.C25H29N3O2.2C22H22N4/c1-18-16-29(25(30)31-26(2,3)4)17-22(18)23-15-24(28(5)27-23)21-13-9-12-20(14-21)19-10-7-6-8-11-19;1-18-16-29(25(30)31-26(2,3)4)17-22(18)24-15-23(27-28(24)5)21-13-9-12-20(14-21)19-10-7-6-8-11-19;1-17-15-28(24(29)30-25(2,3)4)16-21(17)23-14-22(26-27-23)20-12-8-11-19(13-20)18-9-6-5-7-10-18;1-16-13-26(15-23)14-20(16)21-12-22(25(2)24-21)19-10-6-9-18(11-19)17-7-4-3-5-8-17;1-16-13-26(15-23)14-20(16)22-12-21(24-25(22)2)19-10-6-9-18(11-19)17-7-4-3-5-8-17/h2*6-15,18,22H,16-17H2,1-5H3;5-14,17,21H,15-16H2,1-4H3,(H,26,27);2*3-12,16,20H,13-14H2,1-2H3/t2*18-,22-;17-,21-;2*16-,20-/m11111/s1. The number of carbonyl (C=O) groups excluding carboxylic acids is 3. The van der Waals surface area contributed by atoms with Gasteiger partial charge in [-0.2, -0.15) is 36.0 Å². The molecule has 5 fully saturated rings. The minimum atomic E-state index is -0.486. The largest absolute Gasteiger partial charge is 0.444 e. The number of rotatable bonds is 15. The third-order valence-electron chi connectivity index (χ3n) is 27.8. The average molecular weight is 1920 g/mol. The summed E-state index contributed by atoms with van der Waals surface area (Å²) in [6.07, 6.45) is 3.83. The van der Waals surface area contributed by atoms with Gasteiger partial charge >= 0.3 is 18.3 Å². The summed E-state index contributed by atoms with van der Waals surface area (Å²) in [6, 6.07) is 105. The number of nitrogens with one attached hydrogen (secondary N) is 1. The van der Waals surface area contributed by atoms with E-state index >= 15 is 0 Å². The Morgan fingerprint density at radius 3 is 0.889 bits per heavy atom. The Labute approximate surface area is 848 Å². The number of carbonyl (C=O) groups is 3. The van der Waals surface area contributed by atoms with Gasteiger partial charge in [-0.3, -0.25) is 23.8 Å². The van der Waals surface area contributed by atoms with Gasteiger partial charge in [-0.25, -0.2) is 14.4 Å². The molecular formula is C121H135N17O6. The SMILES string of the molecule is C[C@@H]1CN(C#N)C[C@H]1c1cc(-c2cccc(-c3ccccc3)c2)n(C)n1.C[C@@H]1CN(C#N)C[C@H]1c1cc(-c2cccc(-c3ccccc3)c2)nn1C.C[C@@H]1CN(C(=O)OC(C)(C)C)C[C@H]1c1cc(-c2cccc(-c3ccccc3)c2)n(C)n1.C[C@@H]1CN(C(=O)OC(C)(C)C)C[C@H]1c1cc(-c2cccc(-c3ccccc3)c2)n[nH]1.C[C@@H]1CN(C(=O)OC(C)(C)C)C[C@H]1c1cc(-c2cccc(-c3ccccc3)c2)nn1C. The predicted octanol–water partition coefficient (Wildman–Crippen LogP) is 25.7.